The molecule has 1 fully saturated rings. The maximum atomic E-state index is 11.9. The summed E-state index contributed by atoms with van der Waals surface area (Å²) in [6, 6.07) is 0. The van der Waals surface area contributed by atoms with Crippen molar-refractivity contribution in [2.75, 3.05) is 37.7 Å². The molecule has 2 rings (SSSR count). The molecule has 1 aliphatic heterocycles. The first kappa shape index (κ1) is 12.6. The van der Waals surface area contributed by atoms with E-state index in [1.807, 2.05) is 4.90 Å². The lowest BCUT2D eigenvalue weighted by Crippen LogP contribution is -2.35. The number of nitrogen functional groups attached to an aromatic ring is 1. The lowest BCUT2D eigenvalue weighted by molar-refractivity contribution is -0.128. The average Bonchev–Trinajstić information content (AvgIpc) is 2.58. The van der Waals surface area contributed by atoms with Crippen molar-refractivity contribution in [3.63, 3.8) is 0 Å². The van der Waals surface area contributed by atoms with Crippen molar-refractivity contribution in [1.29, 1.82) is 0 Å². The number of nitrogens with zero attached hydrogens (tertiary/aromatic N) is 3. The number of thioether (sulfide) groups is 1. The van der Waals surface area contributed by atoms with Gasteiger partial charge in [0.25, 0.3) is 0 Å². The molecule has 0 saturated carbocycles. The molecule has 0 atom stereocenters. The monoisotopic (exact) mass is 273 g/mol. The van der Waals surface area contributed by atoms with Crippen LogP contribution in [0.5, 0.6) is 0 Å². The van der Waals surface area contributed by atoms with E-state index in [1.54, 1.807) is 0 Å². The van der Waals surface area contributed by atoms with Gasteiger partial charge in [-0.3, -0.25) is 4.79 Å². The van der Waals surface area contributed by atoms with Crippen LogP contribution >= 0.6 is 23.1 Å². The fourth-order valence-corrected chi connectivity index (χ4v) is 3.13. The molecular weight excluding hydrogens is 258 g/mol. The molecule has 0 aliphatic carbocycles. The number of carbonyl (C=O) groups is 1. The highest BCUT2D eigenvalue weighted by Crippen LogP contribution is 2.23. The number of nitrogens with two attached hydrogens (primary N) is 1. The van der Waals surface area contributed by atoms with Crippen molar-refractivity contribution in [3.8, 4) is 0 Å². The Bertz CT molecular complexity index is 375. The first-order valence-corrected chi connectivity index (χ1v) is 7.26. The first-order chi connectivity index (χ1) is 8.25. The molecule has 1 aromatic heterocycles. The zero-order chi connectivity index (χ0) is 12.1. The Morgan fingerprint density at radius 3 is 3.12 bits per heavy atom. The summed E-state index contributed by atoms with van der Waals surface area (Å²) < 4.78 is 0.754. The minimum atomic E-state index is 0.160. The Morgan fingerprint density at radius 2 is 2.35 bits per heavy atom. The van der Waals surface area contributed by atoms with Crippen LogP contribution in [-0.4, -0.2) is 52.9 Å². The van der Waals surface area contributed by atoms with Gasteiger partial charge in [0.2, 0.25) is 11.0 Å². The van der Waals surface area contributed by atoms with Crippen molar-refractivity contribution in [2.45, 2.75) is 10.8 Å². The predicted molar refractivity (Wildman–Crippen MR) is 69.1 cm³/mol. The van der Waals surface area contributed by atoms with Gasteiger partial charge >= 0.3 is 0 Å². The standard InChI is InChI=1S/C9H15N5OS2/c10-8-12-13-9(17-8)16-6-7(15)14-4-1-2-11-3-5-14/h11H,1-6H2,(H2,10,12). The van der Waals surface area contributed by atoms with E-state index >= 15 is 0 Å². The van der Waals surface area contributed by atoms with Gasteiger partial charge in [0, 0.05) is 19.6 Å². The van der Waals surface area contributed by atoms with Gasteiger partial charge in [0.1, 0.15) is 0 Å². The number of hydrogen-bond donors (Lipinski definition) is 2. The summed E-state index contributed by atoms with van der Waals surface area (Å²) in [5, 5.41) is 11.3. The van der Waals surface area contributed by atoms with Crippen LogP contribution in [0.4, 0.5) is 5.13 Å². The first-order valence-electron chi connectivity index (χ1n) is 5.46. The summed E-state index contributed by atoms with van der Waals surface area (Å²) in [5.41, 5.74) is 5.48. The second-order valence-corrected chi connectivity index (χ2v) is 5.91. The van der Waals surface area contributed by atoms with Crippen LogP contribution in [0.25, 0.3) is 0 Å². The Labute approximate surface area is 108 Å². The topological polar surface area (TPSA) is 84.1 Å². The molecule has 2 heterocycles. The van der Waals surface area contributed by atoms with Crippen molar-refractivity contribution < 1.29 is 4.79 Å². The molecule has 1 aromatic rings. The zero-order valence-electron chi connectivity index (χ0n) is 9.39. The zero-order valence-corrected chi connectivity index (χ0v) is 11.0. The van der Waals surface area contributed by atoms with Gasteiger partial charge in [-0.05, 0) is 13.0 Å². The SMILES string of the molecule is Nc1nnc(SCC(=O)N2CCCNCC2)s1. The van der Waals surface area contributed by atoms with Crippen molar-refractivity contribution in [1.82, 2.24) is 20.4 Å². The van der Waals surface area contributed by atoms with E-state index < -0.39 is 0 Å². The van der Waals surface area contributed by atoms with E-state index in [4.69, 9.17) is 5.73 Å². The van der Waals surface area contributed by atoms with E-state index in [0.717, 1.165) is 36.9 Å². The second-order valence-electron chi connectivity index (χ2n) is 3.68. The summed E-state index contributed by atoms with van der Waals surface area (Å²) in [4.78, 5) is 13.8. The highest BCUT2D eigenvalue weighted by Gasteiger charge is 2.16. The van der Waals surface area contributed by atoms with Crippen LogP contribution in [0.3, 0.4) is 0 Å². The quantitative estimate of drug-likeness (QED) is 0.756. The summed E-state index contributed by atoms with van der Waals surface area (Å²) in [6.45, 7) is 3.49. The van der Waals surface area contributed by atoms with Crippen LogP contribution in [0.1, 0.15) is 6.42 Å². The summed E-state index contributed by atoms with van der Waals surface area (Å²) >= 11 is 2.72. The van der Waals surface area contributed by atoms with Gasteiger partial charge < -0.3 is 16.0 Å². The van der Waals surface area contributed by atoms with Crippen LogP contribution in [0.2, 0.25) is 0 Å². The Balaban J connectivity index is 1.79. The van der Waals surface area contributed by atoms with Crippen molar-refractivity contribution in [3.05, 3.63) is 0 Å². The maximum Gasteiger partial charge on any atom is 0.233 e. The molecule has 17 heavy (non-hydrogen) atoms. The Morgan fingerprint density at radius 1 is 1.47 bits per heavy atom. The number of amides is 1. The largest absolute Gasteiger partial charge is 0.374 e. The Hall–Kier alpha value is -0.860. The predicted octanol–water partition coefficient (Wildman–Crippen LogP) is 0.0343. The van der Waals surface area contributed by atoms with Gasteiger partial charge in [-0.25, -0.2) is 0 Å². The highest BCUT2D eigenvalue weighted by atomic mass is 32.2. The van der Waals surface area contributed by atoms with Crippen LogP contribution in [0.15, 0.2) is 4.34 Å². The van der Waals surface area contributed by atoms with Gasteiger partial charge in [-0.1, -0.05) is 23.1 Å². The molecule has 94 valence electrons. The molecule has 0 radical (unpaired) electrons. The summed E-state index contributed by atoms with van der Waals surface area (Å²) in [7, 11) is 0. The van der Waals surface area contributed by atoms with Crippen LogP contribution in [0, 0.1) is 0 Å². The molecule has 0 bridgehead atoms. The van der Waals surface area contributed by atoms with Gasteiger partial charge in [-0.2, -0.15) is 0 Å². The third kappa shape index (κ3) is 3.83. The normalized spacial score (nSPS) is 16.8. The molecule has 8 heteroatoms. The van der Waals surface area contributed by atoms with E-state index in [1.165, 1.54) is 23.1 Å². The van der Waals surface area contributed by atoms with E-state index in [0.29, 0.717) is 10.9 Å². The van der Waals surface area contributed by atoms with Gasteiger partial charge in [0.05, 0.1) is 5.75 Å². The number of nitrogens with one attached hydrogen (secondary N) is 1. The number of hydrogen-bond acceptors (Lipinski definition) is 7. The third-order valence-electron chi connectivity index (χ3n) is 2.43. The second kappa shape index (κ2) is 6.18. The molecule has 1 amide bonds. The molecule has 0 aromatic carbocycles. The Kier molecular flexibility index (Phi) is 4.57. The molecule has 0 unspecified atom stereocenters. The number of rotatable bonds is 3. The fraction of sp³-hybridized carbons (Fsp3) is 0.667. The summed E-state index contributed by atoms with van der Waals surface area (Å²) in [5.74, 6) is 0.571. The van der Waals surface area contributed by atoms with Gasteiger partial charge in [0.15, 0.2) is 4.34 Å². The number of aromatic nitrogens is 2. The smallest absolute Gasteiger partial charge is 0.233 e. The van der Waals surface area contributed by atoms with Gasteiger partial charge in [-0.15, -0.1) is 10.2 Å². The summed E-state index contributed by atoms with van der Waals surface area (Å²) in [6.07, 6.45) is 1.02. The van der Waals surface area contributed by atoms with E-state index in [9.17, 15) is 4.79 Å². The molecule has 0 spiro atoms. The molecule has 3 N–H and O–H groups in total. The van der Waals surface area contributed by atoms with E-state index in [2.05, 4.69) is 15.5 Å². The minimum absolute atomic E-state index is 0.160. The average molecular weight is 273 g/mol. The lowest BCUT2D eigenvalue weighted by atomic mass is 10.4. The minimum Gasteiger partial charge on any atom is -0.374 e. The molecular formula is C9H15N5OS2. The van der Waals surface area contributed by atoms with E-state index in [-0.39, 0.29) is 5.91 Å². The third-order valence-corrected chi connectivity index (χ3v) is 4.30. The van der Waals surface area contributed by atoms with Crippen LogP contribution in [-0.2, 0) is 4.79 Å². The fourth-order valence-electron chi connectivity index (χ4n) is 1.59. The lowest BCUT2D eigenvalue weighted by Gasteiger charge is -2.19. The van der Waals surface area contributed by atoms with Crippen molar-refractivity contribution in [2.24, 2.45) is 0 Å². The highest BCUT2D eigenvalue weighted by molar-refractivity contribution is 8.01. The van der Waals surface area contributed by atoms with Crippen molar-refractivity contribution >= 4 is 34.1 Å². The molecule has 6 nitrogen and oxygen atoms in total. The maximum absolute atomic E-state index is 11.9. The number of carbonyl (C=O) groups excluding carboxylic acids is 1. The number of anilines is 1. The molecule has 1 aliphatic rings. The van der Waals surface area contributed by atoms with Crippen LogP contribution < -0.4 is 11.1 Å². The molecule has 1 saturated heterocycles.